The summed E-state index contributed by atoms with van der Waals surface area (Å²) in [7, 11) is 0. The summed E-state index contributed by atoms with van der Waals surface area (Å²) in [5, 5.41) is 0. The fraction of sp³-hybridized carbons (Fsp3) is 0.286. The van der Waals surface area contributed by atoms with Crippen LogP contribution in [0.1, 0.15) is 29.6 Å². The van der Waals surface area contributed by atoms with Crippen LogP contribution in [0.3, 0.4) is 0 Å². The molecule has 0 radical (unpaired) electrons. The summed E-state index contributed by atoms with van der Waals surface area (Å²) in [6, 6.07) is 9.32. The van der Waals surface area contributed by atoms with E-state index in [4.69, 9.17) is 0 Å². The average molecular weight is 214 g/mol. The molecule has 0 aliphatic heterocycles. The van der Waals surface area contributed by atoms with E-state index in [0.717, 1.165) is 30.3 Å². The van der Waals surface area contributed by atoms with E-state index >= 15 is 0 Å². The van der Waals surface area contributed by atoms with Crippen molar-refractivity contribution in [2.75, 3.05) is 0 Å². The highest BCUT2D eigenvalue weighted by atomic mass is 16.1. The van der Waals surface area contributed by atoms with Gasteiger partial charge in [-0.3, -0.25) is 9.59 Å². The number of benzene rings is 1. The number of carbonyl (C=O) groups excluding carboxylic acids is 2. The molecule has 0 saturated heterocycles. The monoisotopic (exact) mass is 214 g/mol. The van der Waals surface area contributed by atoms with Crippen LogP contribution in [-0.2, 0) is 4.79 Å². The molecule has 1 aromatic carbocycles. The van der Waals surface area contributed by atoms with E-state index in [1.807, 2.05) is 36.4 Å². The summed E-state index contributed by atoms with van der Waals surface area (Å²) in [6.45, 7) is 0. The second kappa shape index (κ2) is 4.88. The van der Waals surface area contributed by atoms with Crippen molar-refractivity contribution >= 4 is 12.1 Å². The Bertz CT molecular complexity index is 418. The topological polar surface area (TPSA) is 34.1 Å². The number of carbonyl (C=O) groups is 2. The first-order chi connectivity index (χ1) is 7.79. The van der Waals surface area contributed by atoms with Crippen molar-refractivity contribution in [3.8, 4) is 0 Å². The lowest BCUT2D eigenvalue weighted by atomic mass is 9.95. The third kappa shape index (κ3) is 2.45. The van der Waals surface area contributed by atoms with Crippen molar-refractivity contribution in [3.05, 3.63) is 47.5 Å². The number of hydrogen-bond acceptors (Lipinski definition) is 2. The highest BCUT2D eigenvalue weighted by molar-refractivity contribution is 5.96. The highest BCUT2D eigenvalue weighted by Crippen LogP contribution is 2.27. The van der Waals surface area contributed by atoms with Crippen LogP contribution in [0.25, 0.3) is 0 Å². The average Bonchev–Trinajstić information content (AvgIpc) is 2.78. The summed E-state index contributed by atoms with van der Waals surface area (Å²) in [5.41, 5.74) is 1.60. The maximum Gasteiger partial charge on any atom is 0.163 e. The summed E-state index contributed by atoms with van der Waals surface area (Å²) >= 11 is 0. The van der Waals surface area contributed by atoms with Gasteiger partial charge < -0.3 is 0 Å². The molecule has 0 N–H and O–H groups in total. The van der Waals surface area contributed by atoms with E-state index in [1.165, 1.54) is 0 Å². The first kappa shape index (κ1) is 10.8. The zero-order valence-electron chi connectivity index (χ0n) is 9.06. The Balaban J connectivity index is 1.93. The standard InChI is InChI=1S/C14H14O2/c15-10-12-7-6-11(8-12)9-14(16)13-4-2-1-3-5-13/h1-5,7,10-11H,6,8-9H2/t11-/m1/s1. The number of Topliss-reactive ketones (excluding diaryl/α,β-unsaturated/α-hetero) is 1. The zero-order chi connectivity index (χ0) is 11.4. The van der Waals surface area contributed by atoms with Crippen molar-refractivity contribution in [3.63, 3.8) is 0 Å². The molecule has 2 rings (SSSR count). The lowest BCUT2D eigenvalue weighted by Crippen LogP contribution is -2.06. The number of hydrogen-bond donors (Lipinski definition) is 0. The lowest BCUT2D eigenvalue weighted by molar-refractivity contribution is -0.105. The van der Waals surface area contributed by atoms with Gasteiger partial charge in [0.1, 0.15) is 6.29 Å². The molecule has 0 spiro atoms. The summed E-state index contributed by atoms with van der Waals surface area (Å²) in [4.78, 5) is 22.4. The van der Waals surface area contributed by atoms with Gasteiger partial charge in [0.25, 0.3) is 0 Å². The molecule has 0 heterocycles. The molecule has 0 unspecified atom stereocenters. The van der Waals surface area contributed by atoms with Crippen molar-refractivity contribution < 1.29 is 9.59 Å². The molecular formula is C14H14O2. The van der Waals surface area contributed by atoms with E-state index in [2.05, 4.69) is 0 Å². The maximum absolute atomic E-state index is 11.9. The van der Waals surface area contributed by atoms with E-state index in [-0.39, 0.29) is 5.78 Å². The van der Waals surface area contributed by atoms with Gasteiger partial charge in [-0.05, 0) is 24.3 Å². The molecule has 1 aromatic rings. The van der Waals surface area contributed by atoms with Crippen LogP contribution in [0.2, 0.25) is 0 Å². The first-order valence-corrected chi connectivity index (χ1v) is 5.52. The van der Waals surface area contributed by atoms with E-state index in [1.54, 1.807) is 0 Å². The Morgan fingerprint density at radius 3 is 2.69 bits per heavy atom. The maximum atomic E-state index is 11.9. The van der Waals surface area contributed by atoms with Gasteiger partial charge in [-0.1, -0.05) is 36.4 Å². The minimum atomic E-state index is 0.172. The van der Waals surface area contributed by atoms with Crippen LogP contribution in [-0.4, -0.2) is 12.1 Å². The van der Waals surface area contributed by atoms with Crippen molar-refractivity contribution in [2.24, 2.45) is 5.92 Å². The molecule has 2 heteroatoms. The number of rotatable bonds is 4. The predicted molar refractivity (Wildman–Crippen MR) is 62.3 cm³/mol. The van der Waals surface area contributed by atoms with E-state index in [0.29, 0.717) is 12.3 Å². The van der Waals surface area contributed by atoms with Gasteiger partial charge in [-0.2, -0.15) is 0 Å². The molecular weight excluding hydrogens is 200 g/mol. The van der Waals surface area contributed by atoms with Crippen molar-refractivity contribution in [1.29, 1.82) is 0 Å². The summed E-state index contributed by atoms with van der Waals surface area (Å²) < 4.78 is 0. The van der Waals surface area contributed by atoms with Gasteiger partial charge in [0, 0.05) is 12.0 Å². The Labute approximate surface area is 95.0 Å². The zero-order valence-corrected chi connectivity index (χ0v) is 9.06. The highest BCUT2D eigenvalue weighted by Gasteiger charge is 2.20. The molecule has 0 fully saturated rings. The number of aldehydes is 1. The molecule has 16 heavy (non-hydrogen) atoms. The van der Waals surface area contributed by atoms with Gasteiger partial charge in [0.15, 0.2) is 5.78 Å². The second-order valence-corrected chi connectivity index (χ2v) is 4.20. The fourth-order valence-electron chi connectivity index (χ4n) is 2.07. The Morgan fingerprint density at radius 2 is 2.06 bits per heavy atom. The van der Waals surface area contributed by atoms with Crippen LogP contribution < -0.4 is 0 Å². The Hall–Kier alpha value is -1.70. The molecule has 2 nitrogen and oxygen atoms in total. The SMILES string of the molecule is O=CC1=CC[C@@H](CC(=O)c2ccccc2)C1. The van der Waals surface area contributed by atoms with Gasteiger partial charge in [-0.15, -0.1) is 0 Å². The molecule has 1 atom stereocenters. The third-order valence-corrected chi connectivity index (χ3v) is 2.96. The number of ketones is 1. The second-order valence-electron chi connectivity index (χ2n) is 4.20. The fourth-order valence-corrected chi connectivity index (χ4v) is 2.07. The minimum absolute atomic E-state index is 0.172. The molecule has 1 aliphatic rings. The summed E-state index contributed by atoms with van der Waals surface area (Å²) in [5.74, 6) is 0.485. The predicted octanol–water partition coefficient (Wildman–Crippen LogP) is 2.79. The van der Waals surface area contributed by atoms with Gasteiger partial charge in [-0.25, -0.2) is 0 Å². The summed E-state index contributed by atoms with van der Waals surface area (Å²) in [6.07, 6.45) is 4.98. The van der Waals surface area contributed by atoms with E-state index in [9.17, 15) is 9.59 Å². The number of allylic oxidation sites excluding steroid dienone is 2. The lowest BCUT2D eigenvalue weighted by Gasteiger charge is -2.07. The molecule has 0 bridgehead atoms. The van der Waals surface area contributed by atoms with Crippen molar-refractivity contribution in [2.45, 2.75) is 19.3 Å². The molecule has 0 aromatic heterocycles. The van der Waals surface area contributed by atoms with Gasteiger partial charge >= 0.3 is 0 Å². The Kier molecular flexibility index (Phi) is 3.30. The molecule has 0 amide bonds. The van der Waals surface area contributed by atoms with Crippen LogP contribution in [0.15, 0.2) is 42.0 Å². The van der Waals surface area contributed by atoms with Crippen LogP contribution in [0.4, 0.5) is 0 Å². The quantitative estimate of drug-likeness (QED) is 0.570. The molecule has 1 aliphatic carbocycles. The largest absolute Gasteiger partial charge is 0.298 e. The Morgan fingerprint density at radius 1 is 1.31 bits per heavy atom. The third-order valence-electron chi connectivity index (χ3n) is 2.96. The van der Waals surface area contributed by atoms with Crippen LogP contribution in [0, 0.1) is 5.92 Å². The molecule has 82 valence electrons. The smallest absolute Gasteiger partial charge is 0.163 e. The van der Waals surface area contributed by atoms with Crippen LogP contribution in [0.5, 0.6) is 0 Å². The van der Waals surface area contributed by atoms with Crippen LogP contribution >= 0.6 is 0 Å². The molecule has 0 saturated carbocycles. The first-order valence-electron chi connectivity index (χ1n) is 5.52. The normalized spacial score (nSPS) is 19.2. The minimum Gasteiger partial charge on any atom is -0.298 e. The van der Waals surface area contributed by atoms with Crippen molar-refractivity contribution in [1.82, 2.24) is 0 Å². The van der Waals surface area contributed by atoms with Gasteiger partial charge in [0.2, 0.25) is 0 Å². The van der Waals surface area contributed by atoms with Gasteiger partial charge in [0.05, 0.1) is 0 Å². The van der Waals surface area contributed by atoms with E-state index < -0.39 is 0 Å².